The largest absolute Gasteiger partial charge is 0.276 e. The van der Waals surface area contributed by atoms with Gasteiger partial charge in [-0.1, -0.05) is 13.8 Å². The fourth-order valence-electron chi connectivity index (χ4n) is 0.441. The first-order valence-corrected chi connectivity index (χ1v) is 3.55. The van der Waals surface area contributed by atoms with Crippen molar-refractivity contribution in [1.82, 2.24) is 5.06 Å². The molecular weight excluding hydrogens is 130 g/mol. The van der Waals surface area contributed by atoms with E-state index in [1.165, 1.54) is 5.06 Å². The highest BCUT2D eigenvalue weighted by atomic mass is 16.7. The Bertz CT molecular complexity index is 93.6. The zero-order valence-electron chi connectivity index (χ0n) is 6.83. The number of nitrogens with zero attached hydrogens (tertiary/aromatic N) is 1. The maximum absolute atomic E-state index is 10.1. The van der Waals surface area contributed by atoms with Crippen molar-refractivity contribution in [3.8, 4) is 0 Å². The third-order valence-electron chi connectivity index (χ3n) is 1.00. The second-order valence-electron chi connectivity index (χ2n) is 2.53. The third kappa shape index (κ3) is 4.32. The molecule has 3 nitrogen and oxygen atoms in total. The molecular formula is C7H15NO2. The van der Waals surface area contributed by atoms with Crippen molar-refractivity contribution < 1.29 is 9.63 Å². The Morgan fingerprint density at radius 2 is 2.20 bits per heavy atom. The van der Waals surface area contributed by atoms with Crippen LogP contribution in [0.5, 0.6) is 0 Å². The zero-order chi connectivity index (χ0) is 7.98. The number of hydrogen-bond donors (Lipinski definition) is 0. The normalized spacial score (nSPS) is 10.0. The van der Waals surface area contributed by atoms with Gasteiger partial charge in [-0.25, -0.2) is 5.06 Å². The maximum Gasteiger partial charge on any atom is 0.233 e. The first-order chi connectivity index (χ1) is 4.70. The van der Waals surface area contributed by atoms with E-state index >= 15 is 0 Å². The molecule has 0 atom stereocenters. The molecule has 0 aromatic carbocycles. The molecule has 60 valence electrons. The average molecular weight is 145 g/mol. The van der Waals surface area contributed by atoms with Gasteiger partial charge in [-0.3, -0.25) is 9.63 Å². The van der Waals surface area contributed by atoms with Crippen LogP contribution in [0.4, 0.5) is 0 Å². The predicted octanol–water partition coefficient (Wildman–Crippen LogP) is 1.05. The summed E-state index contributed by atoms with van der Waals surface area (Å²) >= 11 is 0. The van der Waals surface area contributed by atoms with Gasteiger partial charge in [-0.15, -0.1) is 0 Å². The highest BCUT2D eigenvalue weighted by molar-refractivity contribution is 5.44. The lowest BCUT2D eigenvalue weighted by atomic mass is 10.2. The highest BCUT2D eigenvalue weighted by Gasteiger charge is 1.99. The minimum atomic E-state index is 0.467. The van der Waals surface area contributed by atoms with Crippen LogP contribution in [0.15, 0.2) is 0 Å². The molecule has 0 aromatic rings. The van der Waals surface area contributed by atoms with Crippen molar-refractivity contribution in [1.29, 1.82) is 0 Å². The van der Waals surface area contributed by atoms with E-state index in [2.05, 4.69) is 0 Å². The molecule has 0 heterocycles. The van der Waals surface area contributed by atoms with Crippen molar-refractivity contribution >= 4 is 6.41 Å². The summed E-state index contributed by atoms with van der Waals surface area (Å²) < 4.78 is 0. The Morgan fingerprint density at radius 3 is 2.50 bits per heavy atom. The van der Waals surface area contributed by atoms with Crippen LogP contribution >= 0.6 is 0 Å². The lowest BCUT2D eigenvalue weighted by Crippen LogP contribution is -2.23. The van der Waals surface area contributed by atoms with E-state index in [9.17, 15) is 4.79 Å². The van der Waals surface area contributed by atoms with Crippen LogP contribution < -0.4 is 0 Å². The summed E-state index contributed by atoms with van der Waals surface area (Å²) in [5.41, 5.74) is 0. The molecule has 0 N–H and O–H groups in total. The number of amides is 1. The van der Waals surface area contributed by atoms with E-state index in [0.29, 0.717) is 25.5 Å². The van der Waals surface area contributed by atoms with Crippen LogP contribution in [0.1, 0.15) is 20.8 Å². The van der Waals surface area contributed by atoms with Crippen LogP contribution in [0.2, 0.25) is 0 Å². The molecule has 0 radical (unpaired) electrons. The summed E-state index contributed by atoms with van der Waals surface area (Å²) in [4.78, 5) is 15.2. The van der Waals surface area contributed by atoms with E-state index in [4.69, 9.17) is 4.84 Å². The van der Waals surface area contributed by atoms with Crippen molar-refractivity contribution in [3.05, 3.63) is 0 Å². The Hall–Kier alpha value is -0.570. The van der Waals surface area contributed by atoms with Gasteiger partial charge in [0.15, 0.2) is 0 Å². The minimum absolute atomic E-state index is 0.467. The number of rotatable bonds is 5. The lowest BCUT2D eigenvalue weighted by Gasteiger charge is -2.15. The van der Waals surface area contributed by atoms with Crippen LogP contribution in [0, 0.1) is 5.92 Å². The molecule has 10 heavy (non-hydrogen) atoms. The Kier molecular flexibility index (Phi) is 4.94. The minimum Gasteiger partial charge on any atom is -0.276 e. The van der Waals surface area contributed by atoms with Crippen LogP contribution in [0.25, 0.3) is 0 Å². The maximum atomic E-state index is 10.1. The van der Waals surface area contributed by atoms with Crippen molar-refractivity contribution in [3.63, 3.8) is 0 Å². The smallest absolute Gasteiger partial charge is 0.233 e. The highest BCUT2D eigenvalue weighted by Crippen LogP contribution is 1.94. The van der Waals surface area contributed by atoms with E-state index in [-0.39, 0.29) is 0 Å². The topological polar surface area (TPSA) is 29.5 Å². The van der Waals surface area contributed by atoms with Gasteiger partial charge in [-0.05, 0) is 12.8 Å². The Balaban J connectivity index is 3.34. The average Bonchev–Trinajstić information content (AvgIpc) is 1.90. The molecule has 0 aliphatic carbocycles. The molecule has 0 saturated heterocycles. The van der Waals surface area contributed by atoms with E-state index in [0.717, 1.165) is 0 Å². The lowest BCUT2D eigenvalue weighted by molar-refractivity contribution is -0.174. The second kappa shape index (κ2) is 5.23. The molecule has 0 bridgehead atoms. The molecule has 0 fully saturated rings. The van der Waals surface area contributed by atoms with Crippen LogP contribution in [-0.2, 0) is 9.63 Å². The van der Waals surface area contributed by atoms with Gasteiger partial charge in [0.05, 0.1) is 6.61 Å². The summed E-state index contributed by atoms with van der Waals surface area (Å²) in [6.45, 7) is 7.16. The molecule has 3 heteroatoms. The molecule has 1 amide bonds. The van der Waals surface area contributed by atoms with E-state index < -0.39 is 0 Å². The fraction of sp³-hybridized carbons (Fsp3) is 0.857. The van der Waals surface area contributed by atoms with E-state index in [1.807, 2.05) is 20.8 Å². The zero-order valence-corrected chi connectivity index (χ0v) is 6.83. The molecule has 0 aliphatic heterocycles. The molecule has 0 saturated carbocycles. The number of hydrogen-bond acceptors (Lipinski definition) is 2. The Morgan fingerprint density at radius 1 is 1.60 bits per heavy atom. The number of hydroxylamine groups is 2. The summed E-state index contributed by atoms with van der Waals surface area (Å²) in [6.07, 6.45) is 0.697. The Labute approximate surface area is 61.9 Å². The van der Waals surface area contributed by atoms with Gasteiger partial charge in [0.2, 0.25) is 6.41 Å². The predicted molar refractivity (Wildman–Crippen MR) is 39.2 cm³/mol. The molecule has 0 aliphatic rings. The SMILES string of the molecule is CCN(C=O)OCC(C)C. The molecule has 0 rings (SSSR count). The second-order valence-corrected chi connectivity index (χ2v) is 2.53. The van der Waals surface area contributed by atoms with Crippen LogP contribution in [0.3, 0.4) is 0 Å². The standard InChI is InChI=1S/C7H15NO2/c1-4-8(6-9)10-5-7(2)3/h6-7H,4-5H2,1-3H3. The summed E-state index contributed by atoms with van der Waals surface area (Å²) in [6, 6.07) is 0. The molecule has 0 unspecified atom stereocenters. The van der Waals surface area contributed by atoms with Gasteiger partial charge >= 0.3 is 0 Å². The first-order valence-electron chi connectivity index (χ1n) is 3.55. The van der Waals surface area contributed by atoms with Gasteiger partial charge in [0.1, 0.15) is 0 Å². The van der Waals surface area contributed by atoms with Crippen molar-refractivity contribution in [2.75, 3.05) is 13.2 Å². The monoisotopic (exact) mass is 145 g/mol. The fourth-order valence-corrected chi connectivity index (χ4v) is 0.441. The number of carbonyl (C=O) groups excluding carboxylic acids is 1. The van der Waals surface area contributed by atoms with Crippen molar-refractivity contribution in [2.24, 2.45) is 5.92 Å². The summed E-state index contributed by atoms with van der Waals surface area (Å²) in [5.74, 6) is 0.467. The number of carbonyl (C=O) groups is 1. The first kappa shape index (κ1) is 9.43. The van der Waals surface area contributed by atoms with Crippen LogP contribution in [-0.4, -0.2) is 24.6 Å². The third-order valence-corrected chi connectivity index (χ3v) is 1.00. The quantitative estimate of drug-likeness (QED) is 0.427. The van der Waals surface area contributed by atoms with Crippen molar-refractivity contribution in [2.45, 2.75) is 20.8 Å². The van der Waals surface area contributed by atoms with E-state index in [1.54, 1.807) is 0 Å². The molecule has 0 spiro atoms. The van der Waals surface area contributed by atoms with Gasteiger partial charge in [-0.2, -0.15) is 0 Å². The van der Waals surface area contributed by atoms with Gasteiger partial charge in [0, 0.05) is 6.54 Å². The van der Waals surface area contributed by atoms with Gasteiger partial charge in [0.25, 0.3) is 0 Å². The van der Waals surface area contributed by atoms with Gasteiger partial charge < -0.3 is 0 Å². The molecule has 0 aromatic heterocycles. The summed E-state index contributed by atoms with van der Waals surface area (Å²) in [7, 11) is 0. The summed E-state index contributed by atoms with van der Waals surface area (Å²) in [5, 5.41) is 1.29.